The third-order valence-electron chi connectivity index (χ3n) is 6.30. The van der Waals surface area contributed by atoms with Gasteiger partial charge in [0.25, 0.3) is 5.56 Å². The lowest BCUT2D eigenvalue weighted by atomic mass is 10.00. The van der Waals surface area contributed by atoms with E-state index in [4.69, 9.17) is 15.4 Å². The van der Waals surface area contributed by atoms with Crippen LogP contribution in [0.5, 0.6) is 0 Å². The number of aliphatic hydroxyl groups excluding tert-OH is 1. The molecule has 0 aliphatic carbocycles. The Morgan fingerprint density at radius 1 is 1.10 bits per heavy atom. The average molecular weight is 624 g/mol. The first-order valence-electron chi connectivity index (χ1n) is 12.3. The van der Waals surface area contributed by atoms with Gasteiger partial charge in [0.2, 0.25) is 5.52 Å². The SMILES string of the molecule is Cc1ccc(NC(P(=O)(O)O)P(=O)(O)O)cc1-c1ccccc1.Cc1cn([C@H]2C[C@H](N=[N+]=[N-])[C@@H](CO)O2)c(=O)[nH]c1=O. The van der Waals surface area contributed by atoms with Crippen LogP contribution in [-0.4, -0.2) is 58.5 Å². The van der Waals surface area contributed by atoms with Crippen LogP contribution in [0.3, 0.4) is 0 Å². The quantitative estimate of drug-likeness (QED) is 0.0828. The van der Waals surface area contributed by atoms with E-state index in [0.29, 0.717) is 5.56 Å². The van der Waals surface area contributed by atoms with Crippen LogP contribution in [0.15, 0.2) is 69.4 Å². The first kappa shape index (κ1) is 33.0. The van der Waals surface area contributed by atoms with Gasteiger partial charge in [0.15, 0.2) is 0 Å². The number of aromatic nitrogens is 2. The number of anilines is 1. The molecule has 1 saturated heterocycles. The van der Waals surface area contributed by atoms with Crippen molar-refractivity contribution in [3.05, 3.63) is 97.1 Å². The lowest BCUT2D eigenvalue weighted by Gasteiger charge is -2.22. The minimum absolute atomic E-state index is 0.214. The number of rotatable bonds is 8. The van der Waals surface area contributed by atoms with Crippen LogP contribution in [0.25, 0.3) is 21.6 Å². The van der Waals surface area contributed by atoms with Crippen molar-refractivity contribution >= 4 is 20.9 Å². The number of nitrogens with zero attached hydrogens (tertiary/aromatic N) is 4. The molecule has 4 rings (SSSR count). The summed E-state index contributed by atoms with van der Waals surface area (Å²) < 4.78 is 29.4. The topological polar surface area (TPSA) is 260 Å². The van der Waals surface area contributed by atoms with Gasteiger partial charge in [-0.25, -0.2) is 4.79 Å². The third kappa shape index (κ3) is 8.26. The van der Waals surface area contributed by atoms with Gasteiger partial charge in [0.05, 0.1) is 18.8 Å². The van der Waals surface area contributed by atoms with Crippen LogP contribution >= 0.6 is 15.2 Å². The number of benzene rings is 2. The van der Waals surface area contributed by atoms with E-state index in [9.17, 15) is 38.3 Å². The number of nitrogens with one attached hydrogen (secondary N) is 2. The molecule has 0 spiro atoms. The van der Waals surface area contributed by atoms with Crippen molar-refractivity contribution in [3.63, 3.8) is 0 Å². The molecular weight excluding hydrogens is 594 g/mol. The monoisotopic (exact) mass is 624 g/mol. The second-order valence-electron chi connectivity index (χ2n) is 9.39. The Kier molecular flexibility index (Phi) is 10.7. The summed E-state index contributed by atoms with van der Waals surface area (Å²) in [5, 5.41) is 14.9. The normalized spacial score (nSPS) is 18.6. The molecule has 0 amide bonds. The Morgan fingerprint density at radius 3 is 2.31 bits per heavy atom. The largest absolute Gasteiger partial charge is 0.394 e. The maximum Gasteiger partial charge on any atom is 0.360 e. The van der Waals surface area contributed by atoms with E-state index in [2.05, 4.69) is 20.3 Å². The van der Waals surface area contributed by atoms with E-state index in [1.54, 1.807) is 19.1 Å². The van der Waals surface area contributed by atoms with Gasteiger partial charge < -0.3 is 34.7 Å². The summed E-state index contributed by atoms with van der Waals surface area (Å²) in [5.41, 5.74) is 8.30. The maximum atomic E-state index is 11.7. The number of aromatic amines is 1. The molecule has 1 aliphatic heterocycles. The van der Waals surface area contributed by atoms with Crippen molar-refractivity contribution < 1.29 is 38.5 Å². The average Bonchev–Trinajstić information content (AvgIpc) is 3.32. The number of hydrogen-bond acceptors (Lipinski definition) is 8. The van der Waals surface area contributed by atoms with Gasteiger partial charge in [-0.05, 0) is 48.2 Å². The summed E-state index contributed by atoms with van der Waals surface area (Å²) in [6, 6.07) is 13.6. The summed E-state index contributed by atoms with van der Waals surface area (Å²) in [4.78, 5) is 64.5. The van der Waals surface area contributed by atoms with Gasteiger partial charge >= 0.3 is 20.9 Å². The maximum absolute atomic E-state index is 11.7. The van der Waals surface area contributed by atoms with Gasteiger partial charge in [-0.15, -0.1) is 0 Å². The highest BCUT2D eigenvalue weighted by Gasteiger charge is 2.43. The molecule has 1 aliphatic rings. The smallest absolute Gasteiger partial charge is 0.360 e. The second kappa shape index (κ2) is 13.6. The number of azide groups is 1. The molecule has 0 bridgehead atoms. The molecule has 3 aromatic rings. The number of hydrogen-bond donors (Lipinski definition) is 7. The molecule has 42 heavy (non-hydrogen) atoms. The minimum atomic E-state index is -5.04. The van der Waals surface area contributed by atoms with Crippen molar-refractivity contribution in [3.8, 4) is 11.1 Å². The van der Waals surface area contributed by atoms with Crippen LogP contribution in [0.2, 0.25) is 0 Å². The Labute approximate surface area is 238 Å². The number of aliphatic hydroxyl groups is 1. The van der Waals surface area contributed by atoms with Crippen molar-refractivity contribution in [2.75, 3.05) is 11.9 Å². The van der Waals surface area contributed by atoms with Crippen LogP contribution in [0.1, 0.15) is 23.8 Å². The standard InChI is InChI=1S/C14H17NO6P2.C10H13N5O4/c1-10-7-8-12(9-13(10)11-5-3-2-4-6-11)15-14(22(16,17)18)23(19,20)21;1-5-3-15(10(18)12-9(5)17)8-2-6(13-14-11)7(4-16)19-8/h2-9,14-15H,1H3,(H2,16,17,18)(H2,19,20,21);3,6-8,16H,2,4H2,1H3,(H,12,17,18)/t;6-,7+,8+/m.0/s1. The summed E-state index contributed by atoms with van der Waals surface area (Å²) in [7, 11) is -10.1. The van der Waals surface area contributed by atoms with E-state index in [-0.39, 0.29) is 18.7 Å². The zero-order valence-corrected chi connectivity index (χ0v) is 24.2. The van der Waals surface area contributed by atoms with Crippen molar-refractivity contribution in [1.82, 2.24) is 9.55 Å². The van der Waals surface area contributed by atoms with Gasteiger partial charge in [-0.3, -0.25) is 23.5 Å². The first-order chi connectivity index (χ1) is 19.6. The summed E-state index contributed by atoms with van der Waals surface area (Å²) >= 11 is 0. The van der Waals surface area contributed by atoms with Gasteiger partial charge in [0.1, 0.15) is 6.23 Å². The van der Waals surface area contributed by atoms with Crippen molar-refractivity contribution in [2.24, 2.45) is 5.11 Å². The Bertz CT molecular complexity index is 1640. The van der Waals surface area contributed by atoms with E-state index in [0.717, 1.165) is 16.7 Å². The second-order valence-corrected chi connectivity index (χ2v) is 13.2. The Morgan fingerprint density at radius 2 is 1.74 bits per heavy atom. The number of H-pyrrole nitrogens is 1. The highest BCUT2D eigenvalue weighted by molar-refractivity contribution is 7.71. The lowest BCUT2D eigenvalue weighted by molar-refractivity contribution is -0.0271. The van der Waals surface area contributed by atoms with Gasteiger partial charge in [0, 0.05) is 28.8 Å². The fraction of sp³-hybridized carbons (Fsp3) is 0.333. The molecule has 0 unspecified atom stereocenters. The molecule has 2 aromatic carbocycles. The molecule has 1 fully saturated rings. The lowest BCUT2D eigenvalue weighted by Crippen LogP contribution is -2.33. The molecule has 18 heteroatoms. The number of aryl methyl sites for hydroxylation is 2. The Hall–Kier alpha value is -3.55. The van der Waals surface area contributed by atoms with E-state index < -0.39 is 50.3 Å². The summed E-state index contributed by atoms with van der Waals surface area (Å²) in [6.07, 6.45) is 0.329. The molecule has 3 atom stereocenters. The van der Waals surface area contributed by atoms with Crippen LogP contribution in [0.4, 0.5) is 5.69 Å². The molecule has 16 nitrogen and oxygen atoms in total. The van der Waals surface area contributed by atoms with E-state index in [1.165, 1.54) is 16.8 Å². The highest BCUT2D eigenvalue weighted by Crippen LogP contribution is 2.59. The minimum Gasteiger partial charge on any atom is -0.394 e. The summed E-state index contributed by atoms with van der Waals surface area (Å²) in [6.45, 7) is 3.13. The fourth-order valence-electron chi connectivity index (χ4n) is 4.19. The molecule has 7 N–H and O–H groups in total. The van der Waals surface area contributed by atoms with Crippen LogP contribution in [-0.2, 0) is 13.9 Å². The molecule has 1 aromatic heterocycles. The van der Waals surface area contributed by atoms with E-state index >= 15 is 0 Å². The first-order valence-corrected chi connectivity index (χ1v) is 15.7. The molecule has 0 saturated carbocycles. The summed E-state index contributed by atoms with van der Waals surface area (Å²) in [5.74, 6) is 0. The van der Waals surface area contributed by atoms with E-state index in [1.807, 2.05) is 37.3 Å². The molecule has 0 radical (unpaired) electrons. The Balaban J connectivity index is 0.000000235. The van der Waals surface area contributed by atoms with Gasteiger partial charge in [-0.2, -0.15) is 0 Å². The predicted octanol–water partition coefficient (Wildman–Crippen LogP) is 2.52. The third-order valence-corrected chi connectivity index (χ3v) is 9.63. The van der Waals surface area contributed by atoms with Crippen molar-refractivity contribution in [1.29, 1.82) is 0 Å². The van der Waals surface area contributed by atoms with Crippen LogP contribution in [0, 0.1) is 13.8 Å². The predicted molar refractivity (Wildman–Crippen MR) is 153 cm³/mol. The molecule has 2 heterocycles. The fourth-order valence-corrected chi connectivity index (χ4v) is 6.39. The van der Waals surface area contributed by atoms with Crippen LogP contribution < -0.4 is 16.6 Å². The highest BCUT2D eigenvalue weighted by atomic mass is 31.2. The van der Waals surface area contributed by atoms with Crippen molar-refractivity contribution in [2.45, 2.75) is 44.2 Å². The van der Waals surface area contributed by atoms with Gasteiger partial charge in [-0.1, -0.05) is 41.5 Å². The zero-order chi connectivity index (χ0) is 31.2. The molecule has 226 valence electrons. The molecular formula is C24H30N6O10P2. The number of ether oxygens (including phenoxy) is 1. The zero-order valence-electron chi connectivity index (χ0n) is 22.4.